The maximum Gasteiger partial charge on any atom is 0.416 e. The first kappa shape index (κ1) is 25.5. The van der Waals surface area contributed by atoms with Gasteiger partial charge in [0.05, 0.1) is 16.7 Å². The number of nitrogen functional groups attached to an aromatic ring is 1. The number of anilines is 1. The summed E-state index contributed by atoms with van der Waals surface area (Å²) in [6.45, 7) is 1.76. The summed E-state index contributed by atoms with van der Waals surface area (Å²) in [4.78, 5) is 24.7. The number of benzene rings is 1. The highest BCUT2D eigenvalue weighted by atomic mass is 19.4. The molecular formula is C24H23F6N5O. The van der Waals surface area contributed by atoms with E-state index in [1.807, 2.05) is 0 Å². The number of amides is 1. The summed E-state index contributed by atoms with van der Waals surface area (Å²) < 4.78 is 79.7. The number of carbonyl (C=O) groups is 1. The van der Waals surface area contributed by atoms with Crippen molar-refractivity contribution in [3.63, 3.8) is 0 Å². The number of aromatic amines is 1. The van der Waals surface area contributed by atoms with Crippen LogP contribution in [0.1, 0.15) is 64.8 Å². The molecule has 1 aliphatic rings. The highest BCUT2D eigenvalue weighted by Gasteiger charge is 2.40. The Labute approximate surface area is 202 Å². The molecule has 2 heterocycles. The summed E-state index contributed by atoms with van der Waals surface area (Å²) in [6, 6.07) is 2.58. The molecule has 0 unspecified atom stereocenters. The van der Waals surface area contributed by atoms with Gasteiger partial charge in [-0.3, -0.25) is 4.79 Å². The highest BCUT2D eigenvalue weighted by molar-refractivity contribution is 5.95. The SMILES string of the molecule is Cc1cnc(-c2c[nH]c(C3(NC(=O)c4cc(C(F)(F)F)cc(C(F)(F)F)c4)CCCCC3)c2)nc1N. The maximum atomic E-state index is 13.3. The monoisotopic (exact) mass is 511 g/mol. The largest absolute Gasteiger partial charge is 0.416 e. The van der Waals surface area contributed by atoms with Crippen LogP contribution in [0.3, 0.4) is 0 Å². The van der Waals surface area contributed by atoms with E-state index in [1.54, 1.807) is 25.4 Å². The fraction of sp³-hybridized carbons (Fsp3) is 0.375. The standard InChI is InChI=1S/C24H23F6N5O/c1-13-11-33-20(34-19(13)31)15-9-18(32-12-15)22(5-3-2-4-6-22)35-21(36)14-7-16(23(25,26)27)10-17(8-14)24(28,29)30/h7-12,32H,2-6H2,1H3,(H,35,36)(H2,31,33,34). The van der Waals surface area contributed by atoms with Crippen LogP contribution >= 0.6 is 0 Å². The summed E-state index contributed by atoms with van der Waals surface area (Å²) >= 11 is 0. The zero-order valence-corrected chi connectivity index (χ0v) is 19.1. The molecular weight excluding hydrogens is 488 g/mol. The molecule has 2 aromatic heterocycles. The number of aromatic nitrogens is 3. The van der Waals surface area contributed by atoms with Gasteiger partial charge in [0.15, 0.2) is 5.82 Å². The van der Waals surface area contributed by atoms with Gasteiger partial charge in [-0.25, -0.2) is 9.97 Å². The van der Waals surface area contributed by atoms with Crippen molar-refractivity contribution in [1.29, 1.82) is 0 Å². The van der Waals surface area contributed by atoms with Crippen molar-refractivity contribution in [2.45, 2.75) is 56.9 Å². The second kappa shape index (κ2) is 9.14. The van der Waals surface area contributed by atoms with Crippen LogP contribution in [0.5, 0.6) is 0 Å². The van der Waals surface area contributed by atoms with E-state index < -0.39 is 40.5 Å². The molecule has 6 nitrogen and oxygen atoms in total. The molecule has 1 amide bonds. The van der Waals surface area contributed by atoms with Crippen LogP contribution in [-0.2, 0) is 17.9 Å². The van der Waals surface area contributed by atoms with Gasteiger partial charge in [0, 0.05) is 34.8 Å². The highest BCUT2D eigenvalue weighted by Crippen LogP contribution is 2.40. The molecule has 1 fully saturated rings. The van der Waals surface area contributed by atoms with Crippen LogP contribution in [0.25, 0.3) is 11.4 Å². The summed E-state index contributed by atoms with van der Waals surface area (Å²) in [7, 11) is 0. The molecule has 1 aromatic carbocycles. The number of alkyl halides is 6. The van der Waals surface area contributed by atoms with Crippen LogP contribution in [0.4, 0.5) is 32.2 Å². The Hall–Kier alpha value is -3.57. The molecule has 1 aliphatic carbocycles. The molecule has 3 aromatic rings. The van der Waals surface area contributed by atoms with Gasteiger partial charge in [0.1, 0.15) is 5.82 Å². The van der Waals surface area contributed by atoms with E-state index in [2.05, 4.69) is 20.3 Å². The van der Waals surface area contributed by atoms with Crippen LogP contribution < -0.4 is 11.1 Å². The number of halogens is 6. The van der Waals surface area contributed by atoms with E-state index in [-0.39, 0.29) is 6.07 Å². The number of nitrogens with two attached hydrogens (primary N) is 1. The van der Waals surface area contributed by atoms with Crippen molar-refractivity contribution in [2.75, 3.05) is 5.73 Å². The molecule has 192 valence electrons. The van der Waals surface area contributed by atoms with E-state index in [0.717, 1.165) is 6.42 Å². The quantitative estimate of drug-likeness (QED) is 0.375. The zero-order valence-electron chi connectivity index (χ0n) is 19.1. The molecule has 36 heavy (non-hydrogen) atoms. The minimum absolute atomic E-state index is 0.00230. The molecule has 0 saturated heterocycles. The number of carbonyl (C=O) groups excluding carboxylic acids is 1. The predicted octanol–water partition coefficient (Wildman–Crippen LogP) is 5.99. The number of H-pyrrole nitrogens is 1. The van der Waals surface area contributed by atoms with Gasteiger partial charge in [-0.05, 0) is 44.0 Å². The molecule has 12 heteroatoms. The summed E-state index contributed by atoms with van der Waals surface area (Å²) in [5, 5.41) is 2.74. The minimum Gasteiger partial charge on any atom is -0.383 e. The molecule has 0 bridgehead atoms. The first-order chi connectivity index (χ1) is 16.8. The third-order valence-electron chi connectivity index (χ3n) is 6.38. The Bertz CT molecular complexity index is 1240. The number of hydrogen-bond acceptors (Lipinski definition) is 4. The fourth-order valence-electron chi connectivity index (χ4n) is 4.39. The maximum absolute atomic E-state index is 13.3. The van der Waals surface area contributed by atoms with Crippen molar-refractivity contribution in [3.05, 3.63) is 64.6 Å². The number of nitrogens with one attached hydrogen (secondary N) is 2. The van der Waals surface area contributed by atoms with Crippen molar-refractivity contribution < 1.29 is 31.1 Å². The van der Waals surface area contributed by atoms with Gasteiger partial charge in [0.2, 0.25) is 0 Å². The van der Waals surface area contributed by atoms with E-state index in [4.69, 9.17) is 5.73 Å². The van der Waals surface area contributed by atoms with E-state index >= 15 is 0 Å². The lowest BCUT2D eigenvalue weighted by atomic mass is 9.79. The Morgan fingerprint density at radius 3 is 2.17 bits per heavy atom. The third kappa shape index (κ3) is 5.17. The van der Waals surface area contributed by atoms with E-state index in [9.17, 15) is 31.1 Å². The molecule has 0 aliphatic heterocycles. The molecule has 0 radical (unpaired) electrons. The zero-order chi connectivity index (χ0) is 26.3. The Kier molecular flexibility index (Phi) is 6.48. The lowest BCUT2D eigenvalue weighted by molar-refractivity contribution is -0.143. The number of hydrogen-bond donors (Lipinski definition) is 3. The van der Waals surface area contributed by atoms with Gasteiger partial charge in [-0.2, -0.15) is 26.3 Å². The smallest absolute Gasteiger partial charge is 0.383 e. The average molecular weight is 511 g/mol. The van der Waals surface area contributed by atoms with Gasteiger partial charge >= 0.3 is 12.4 Å². The van der Waals surface area contributed by atoms with Gasteiger partial charge in [-0.1, -0.05) is 19.3 Å². The number of rotatable bonds is 4. The third-order valence-corrected chi connectivity index (χ3v) is 6.38. The van der Waals surface area contributed by atoms with Crippen molar-refractivity contribution >= 4 is 11.7 Å². The molecule has 1 saturated carbocycles. The lowest BCUT2D eigenvalue weighted by Crippen LogP contribution is -2.47. The van der Waals surface area contributed by atoms with Crippen molar-refractivity contribution in [3.8, 4) is 11.4 Å². The minimum atomic E-state index is -5.05. The first-order valence-corrected chi connectivity index (χ1v) is 11.2. The van der Waals surface area contributed by atoms with Crippen LogP contribution in [0.15, 0.2) is 36.7 Å². The van der Waals surface area contributed by atoms with Gasteiger partial charge in [-0.15, -0.1) is 0 Å². The van der Waals surface area contributed by atoms with E-state index in [0.29, 0.717) is 66.3 Å². The predicted molar refractivity (Wildman–Crippen MR) is 120 cm³/mol. The Morgan fingerprint density at radius 2 is 1.61 bits per heavy atom. The summed E-state index contributed by atoms with van der Waals surface area (Å²) in [5.41, 5.74) is 2.87. The second-order valence-electron chi connectivity index (χ2n) is 8.96. The Morgan fingerprint density at radius 1 is 1.00 bits per heavy atom. The van der Waals surface area contributed by atoms with Crippen LogP contribution in [-0.4, -0.2) is 20.9 Å². The van der Waals surface area contributed by atoms with Crippen LogP contribution in [0, 0.1) is 6.92 Å². The Balaban J connectivity index is 1.70. The molecule has 4 N–H and O–H groups in total. The molecule has 4 rings (SSSR count). The normalized spacial score (nSPS) is 16.1. The van der Waals surface area contributed by atoms with Crippen molar-refractivity contribution in [2.24, 2.45) is 0 Å². The van der Waals surface area contributed by atoms with Crippen LogP contribution in [0.2, 0.25) is 0 Å². The average Bonchev–Trinajstić information content (AvgIpc) is 3.31. The fourth-order valence-corrected chi connectivity index (χ4v) is 4.39. The summed E-state index contributed by atoms with van der Waals surface area (Å²) in [5.74, 6) is -0.389. The summed E-state index contributed by atoms with van der Waals surface area (Å²) in [6.07, 6.45) is -3.74. The first-order valence-electron chi connectivity index (χ1n) is 11.2. The topological polar surface area (TPSA) is 96.7 Å². The van der Waals surface area contributed by atoms with E-state index in [1.165, 1.54) is 0 Å². The molecule has 0 atom stereocenters. The molecule has 0 spiro atoms. The number of nitrogens with zero attached hydrogens (tertiary/aromatic N) is 2. The lowest BCUT2D eigenvalue weighted by Gasteiger charge is -2.37. The van der Waals surface area contributed by atoms with Gasteiger partial charge in [0.25, 0.3) is 5.91 Å². The van der Waals surface area contributed by atoms with Gasteiger partial charge < -0.3 is 16.0 Å². The van der Waals surface area contributed by atoms with Crippen molar-refractivity contribution in [1.82, 2.24) is 20.3 Å². The number of aryl methyl sites for hydroxylation is 1. The second-order valence-corrected chi connectivity index (χ2v) is 8.96.